The number of hydrazone groups is 1. The van der Waals surface area contributed by atoms with Gasteiger partial charge in [-0.15, -0.1) is 11.3 Å². The standard InChI is InChI=1S/C20H14FN3O2S/c1-12-17(10-13-2-8-16(25)9-3-13)19(26)24(23-12)20-22-18(11-27-20)14-4-6-15(21)7-5-14/h2-11,25H,1H3/b17-10-. The molecule has 0 atom stereocenters. The molecule has 0 unspecified atom stereocenters. The Morgan fingerprint density at radius 2 is 1.81 bits per heavy atom. The fraction of sp³-hybridized carbons (Fsp3) is 0.0500. The smallest absolute Gasteiger partial charge is 0.282 e. The molecule has 1 amide bonds. The van der Waals surface area contributed by atoms with E-state index in [2.05, 4.69) is 10.1 Å². The normalized spacial score (nSPS) is 15.5. The minimum Gasteiger partial charge on any atom is -0.508 e. The Kier molecular flexibility index (Phi) is 4.29. The van der Waals surface area contributed by atoms with Gasteiger partial charge in [-0.1, -0.05) is 12.1 Å². The van der Waals surface area contributed by atoms with E-state index in [9.17, 15) is 14.3 Å². The van der Waals surface area contributed by atoms with E-state index in [1.54, 1.807) is 49.4 Å². The fourth-order valence-electron chi connectivity index (χ4n) is 2.67. The number of carbonyl (C=O) groups excluding carboxylic acids is 1. The highest BCUT2D eigenvalue weighted by molar-refractivity contribution is 7.14. The molecule has 7 heteroatoms. The highest BCUT2D eigenvalue weighted by Crippen LogP contribution is 2.31. The van der Waals surface area contributed by atoms with E-state index in [-0.39, 0.29) is 17.5 Å². The van der Waals surface area contributed by atoms with E-state index in [1.165, 1.54) is 28.5 Å². The van der Waals surface area contributed by atoms with Gasteiger partial charge in [0, 0.05) is 10.9 Å². The molecule has 4 rings (SSSR count). The molecule has 2 heterocycles. The van der Waals surface area contributed by atoms with Crippen molar-refractivity contribution >= 4 is 34.2 Å². The van der Waals surface area contributed by atoms with Gasteiger partial charge in [0.1, 0.15) is 11.6 Å². The molecule has 0 bridgehead atoms. The molecule has 0 saturated carbocycles. The van der Waals surface area contributed by atoms with E-state index in [1.807, 2.05) is 5.38 Å². The first-order chi connectivity index (χ1) is 13.0. The zero-order valence-corrected chi connectivity index (χ0v) is 15.1. The molecule has 0 aliphatic carbocycles. The Bertz CT molecular complexity index is 1070. The van der Waals surface area contributed by atoms with Gasteiger partial charge in [0.05, 0.1) is 17.0 Å². The van der Waals surface area contributed by atoms with Crippen molar-refractivity contribution in [1.82, 2.24) is 4.98 Å². The molecule has 5 nitrogen and oxygen atoms in total. The summed E-state index contributed by atoms with van der Waals surface area (Å²) in [5, 5.41) is 17.2. The second-order valence-electron chi connectivity index (χ2n) is 5.97. The van der Waals surface area contributed by atoms with E-state index in [0.717, 1.165) is 11.1 Å². The van der Waals surface area contributed by atoms with Crippen LogP contribution in [0.25, 0.3) is 17.3 Å². The van der Waals surface area contributed by atoms with Gasteiger partial charge in [0.2, 0.25) is 5.13 Å². The van der Waals surface area contributed by atoms with Crippen LogP contribution in [0.4, 0.5) is 9.52 Å². The van der Waals surface area contributed by atoms with Gasteiger partial charge < -0.3 is 5.11 Å². The molecular weight excluding hydrogens is 365 g/mol. The lowest BCUT2D eigenvalue weighted by molar-refractivity contribution is -0.114. The number of nitrogens with zero attached hydrogens (tertiary/aromatic N) is 3. The van der Waals surface area contributed by atoms with Crippen LogP contribution in [-0.4, -0.2) is 21.7 Å². The van der Waals surface area contributed by atoms with Crippen LogP contribution in [0, 0.1) is 5.82 Å². The maximum atomic E-state index is 13.1. The number of hydrogen-bond donors (Lipinski definition) is 1. The van der Waals surface area contributed by atoms with Gasteiger partial charge in [0.25, 0.3) is 5.91 Å². The number of phenolic OH excluding ortho intramolecular Hbond substituents is 1. The van der Waals surface area contributed by atoms with Crippen LogP contribution in [0.3, 0.4) is 0 Å². The fourth-order valence-corrected chi connectivity index (χ4v) is 3.45. The van der Waals surface area contributed by atoms with Gasteiger partial charge in [-0.05, 0) is 55.0 Å². The first kappa shape index (κ1) is 17.1. The summed E-state index contributed by atoms with van der Waals surface area (Å²) in [7, 11) is 0. The summed E-state index contributed by atoms with van der Waals surface area (Å²) in [6, 6.07) is 12.6. The van der Waals surface area contributed by atoms with Crippen LogP contribution in [0.1, 0.15) is 12.5 Å². The summed E-state index contributed by atoms with van der Waals surface area (Å²) in [5.74, 6) is -0.410. The number of aromatic hydroxyl groups is 1. The lowest BCUT2D eigenvalue weighted by Gasteiger charge is -2.07. The first-order valence-corrected chi connectivity index (χ1v) is 9.01. The number of rotatable bonds is 3. The summed E-state index contributed by atoms with van der Waals surface area (Å²) < 4.78 is 13.1. The van der Waals surface area contributed by atoms with Crippen LogP contribution >= 0.6 is 11.3 Å². The van der Waals surface area contributed by atoms with Crippen LogP contribution in [0.15, 0.2) is 64.6 Å². The molecule has 134 valence electrons. The molecule has 0 fully saturated rings. The second-order valence-corrected chi connectivity index (χ2v) is 6.81. The van der Waals surface area contributed by atoms with E-state index in [0.29, 0.717) is 22.1 Å². The van der Waals surface area contributed by atoms with E-state index in [4.69, 9.17) is 0 Å². The lowest BCUT2D eigenvalue weighted by atomic mass is 10.1. The number of amides is 1. The second kappa shape index (κ2) is 6.77. The van der Waals surface area contributed by atoms with Crippen molar-refractivity contribution in [3.8, 4) is 17.0 Å². The van der Waals surface area contributed by atoms with Gasteiger partial charge in [0.15, 0.2) is 0 Å². The van der Waals surface area contributed by atoms with Crippen molar-refractivity contribution < 1.29 is 14.3 Å². The Morgan fingerprint density at radius 3 is 2.52 bits per heavy atom. The minimum atomic E-state index is -0.312. The third-order valence-electron chi connectivity index (χ3n) is 4.08. The highest BCUT2D eigenvalue weighted by Gasteiger charge is 2.30. The molecule has 27 heavy (non-hydrogen) atoms. The number of hydrogen-bond acceptors (Lipinski definition) is 5. The zero-order valence-electron chi connectivity index (χ0n) is 14.3. The lowest BCUT2D eigenvalue weighted by Crippen LogP contribution is -2.21. The van der Waals surface area contributed by atoms with Crippen molar-refractivity contribution in [2.45, 2.75) is 6.92 Å². The topological polar surface area (TPSA) is 65.8 Å². The molecule has 2 aromatic carbocycles. The SMILES string of the molecule is CC1=NN(c2nc(-c3ccc(F)cc3)cs2)C(=O)/C1=C\c1ccc(O)cc1. The monoisotopic (exact) mass is 379 g/mol. The predicted octanol–water partition coefficient (Wildman–Crippen LogP) is 4.46. The van der Waals surface area contributed by atoms with Crippen molar-refractivity contribution in [3.63, 3.8) is 0 Å². The zero-order chi connectivity index (χ0) is 19.0. The maximum Gasteiger partial charge on any atom is 0.282 e. The van der Waals surface area contributed by atoms with Crippen LogP contribution in [-0.2, 0) is 4.79 Å². The number of halogens is 1. The molecule has 1 aliphatic rings. The third-order valence-corrected chi connectivity index (χ3v) is 4.90. The Morgan fingerprint density at radius 1 is 1.11 bits per heavy atom. The number of carbonyl (C=O) groups is 1. The Balaban J connectivity index is 1.61. The van der Waals surface area contributed by atoms with Gasteiger partial charge >= 0.3 is 0 Å². The van der Waals surface area contributed by atoms with Gasteiger partial charge in [-0.2, -0.15) is 10.1 Å². The first-order valence-electron chi connectivity index (χ1n) is 8.13. The molecule has 3 aromatic rings. The Labute approximate surface area is 158 Å². The summed E-state index contributed by atoms with van der Waals surface area (Å²) in [6.07, 6.45) is 1.73. The minimum absolute atomic E-state index is 0.165. The summed E-state index contributed by atoms with van der Waals surface area (Å²) in [5.41, 5.74) is 3.28. The van der Waals surface area contributed by atoms with Gasteiger partial charge in [-0.25, -0.2) is 9.37 Å². The molecule has 0 spiro atoms. The molecule has 1 aromatic heterocycles. The van der Waals surface area contributed by atoms with E-state index < -0.39 is 0 Å². The molecule has 1 aliphatic heterocycles. The van der Waals surface area contributed by atoms with Crippen LogP contribution in [0.5, 0.6) is 5.75 Å². The number of phenols is 1. The molecular formula is C20H14FN3O2S. The molecule has 0 saturated heterocycles. The van der Waals surface area contributed by atoms with Crippen molar-refractivity contribution in [2.24, 2.45) is 5.10 Å². The summed E-state index contributed by atoms with van der Waals surface area (Å²) in [6.45, 7) is 1.76. The number of anilines is 1. The van der Waals surface area contributed by atoms with Crippen LogP contribution in [0.2, 0.25) is 0 Å². The highest BCUT2D eigenvalue weighted by atomic mass is 32.1. The average molecular weight is 379 g/mol. The number of aromatic nitrogens is 1. The number of thiazole rings is 1. The third kappa shape index (κ3) is 3.37. The van der Waals surface area contributed by atoms with Crippen molar-refractivity contribution in [1.29, 1.82) is 0 Å². The molecule has 0 radical (unpaired) electrons. The largest absolute Gasteiger partial charge is 0.508 e. The maximum absolute atomic E-state index is 13.1. The summed E-state index contributed by atoms with van der Waals surface area (Å²) in [4.78, 5) is 17.3. The van der Waals surface area contributed by atoms with Gasteiger partial charge in [-0.3, -0.25) is 4.79 Å². The van der Waals surface area contributed by atoms with Crippen molar-refractivity contribution in [2.75, 3.05) is 5.01 Å². The van der Waals surface area contributed by atoms with E-state index >= 15 is 0 Å². The van der Waals surface area contributed by atoms with Crippen LogP contribution < -0.4 is 5.01 Å². The summed E-state index contributed by atoms with van der Waals surface area (Å²) >= 11 is 1.29. The quantitative estimate of drug-likeness (QED) is 0.683. The predicted molar refractivity (Wildman–Crippen MR) is 104 cm³/mol. The number of benzene rings is 2. The van der Waals surface area contributed by atoms with Crippen molar-refractivity contribution in [3.05, 3.63) is 70.9 Å². The Hall–Kier alpha value is -3.32. The molecule has 1 N–H and O–H groups in total. The average Bonchev–Trinajstić information content (AvgIpc) is 3.24.